The fourth-order valence-corrected chi connectivity index (χ4v) is 3.13. The van der Waals surface area contributed by atoms with Gasteiger partial charge in [0.15, 0.2) is 0 Å². The number of amides is 1. The molecule has 0 spiro atoms. The first-order valence-corrected chi connectivity index (χ1v) is 9.10. The maximum absolute atomic E-state index is 12.4. The quantitative estimate of drug-likeness (QED) is 0.810. The van der Waals surface area contributed by atoms with Crippen molar-refractivity contribution in [1.82, 2.24) is 14.7 Å². The summed E-state index contributed by atoms with van der Waals surface area (Å²) in [6.45, 7) is 4.08. The molecule has 7 nitrogen and oxygen atoms in total. The number of hydrogen-bond acceptors (Lipinski definition) is 5. The maximum atomic E-state index is 12.4. The average molecular weight is 391 g/mol. The summed E-state index contributed by atoms with van der Waals surface area (Å²) in [4.78, 5) is 28.2. The summed E-state index contributed by atoms with van der Waals surface area (Å²) in [7, 11) is 0. The molecule has 2 aromatic rings. The van der Waals surface area contributed by atoms with Gasteiger partial charge in [-0.1, -0.05) is 18.2 Å². The van der Waals surface area contributed by atoms with Crippen molar-refractivity contribution < 1.29 is 13.6 Å². The predicted molar refractivity (Wildman–Crippen MR) is 103 cm³/mol. The number of para-hydroxylation sites is 1. The Labute approximate surface area is 161 Å². The number of anilines is 2. The molecule has 0 saturated carbocycles. The monoisotopic (exact) mass is 391 g/mol. The van der Waals surface area contributed by atoms with Crippen LogP contribution in [0.15, 0.2) is 41.3 Å². The molecule has 1 aromatic carbocycles. The van der Waals surface area contributed by atoms with Crippen molar-refractivity contribution in [3.8, 4) is 0 Å². The van der Waals surface area contributed by atoms with Gasteiger partial charge in [0.05, 0.1) is 18.4 Å². The van der Waals surface area contributed by atoms with Crippen LogP contribution in [0.4, 0.5) is 20.2 Å². The van der Waals surface area contributed by atoms with E-state index in [0.29, 0.717) is 31.9 Å². The van der Waals surface area contributed by atoms with E-state index in [2.05, 4.69) is 10.4 Å². The van der Waals surface area contributed by atoms with Gasteiger partial charge in [-0.05, 0) is 18.6 Å². The predicted octanol–water partition coefficient (Wildman–Crippen LogP) is 1.58. The summed E-state index contributed by atoms with van der Waals surface area (Å²) in [5.41, 5.74) is 1.88. The summed E-state index contributed by atoms with van der Waals surface area (Å²) in [6.07, 6.45) is -1.19. The topological polar surface area (TPSA) is 70.5 Å². The number of aryl methyl sites for hydroxylation is 1. The van der Waals surface area contributed by atoms with Crippen LogP contribution in [0.2, 0.25) is 0 Å². The van der Waals surface area contributed by atoms with Crippen LogP contribution in [-0.2, 0) is 11.3 Å². The van der Waals surface area contributed by atoms with Crippen molar-refractivity contribution >= 4 is 17.3 Å². The van der Waals surface area contributed by atoms with Crippen molar-refractivity contribution in [3.05, 3.63) is 52.4 Å². The molecule has 28 heavy (non-hydrogen) atoms. The molecule has 3 rings (SSSR count). The lowest BCUT2D eigenvalue weighted by Crippen LogP contribution is -2.49. The van der Waals surface area contributed by atoms with Gasteiger partial charge in [-0.15, -0.1) is 0 Å². The molecule has 0 atom stereocenters. The normalized spacial score (nSPS) is 15.1. The van der Waals surface area contributed by atoms with Crippen molar-refractivity contribution in [2.75, 3.05) is 42.9 Å². The molecule has 1 aliphatic heterocycles. The van der Waals surface area contributed by atoms with Crippen LogP contribution in [0.3, 0.4) is 0 Å². The van der Waals surface area contributed by atoms with E-state index in [9.17, 15) is 18.4 Å². The molecule has 0 bridgehead atoms. The van der Waals surface area contributed by atoms with Crippen LogP contribution in [0.5, 0.6) is 0 Å². The SMILES string of the molecule is Cc1ccccc1NC(=O)CN1CCN(c2cnn(CC(F)F)c(=O)c2)CC1. The van der Waals surface area contributed by atoms with E-state index in [1.54, 1.807) is 0 Å². The largest absolute Gasteiger partial charge is 0.368 e. The average Bonchev–Trinajstić information content (AvgIpc) is 2.65. The molecule has 150 valence electrons. The third-order valence-corrected chi connectivity index (χ3v) is 4.69. The highest BCUT2D eigenvalue weighted by molar-refractivity contribution is 5.92. The Balaban J connectivity index is 1.52. The van der Waals surface area contributed by atoms with Crippen LogP contribution in [0.25, 0.3) is 0 Å². The van der Waals surface area contributed by atoms with E-state index in [1.807, 2.05) is 41.0 Å². The van der Waals surface area contributed by atoms with Crippen LogP contribution in [-0.4, -0.2) is 59.7 Å². The zero-order valence-electron chi connectivity index (χ0n) is 15.6. The summed E-state index contributed by atoms with van der Waals surface area (Å²) in [6, 6.07) is 8.94. The minimum absolute atomic E-state index is 0.0704. The van der Waals surface area contributed by atoms with Gasteiger partial charge in [0, 0.05) is 37.9 Å². The minimum atomic E-state index is -2.62. The smallest absolute Gasteiger partial charge is 0.269 e. The number of nitrogens with zero attached hydrogens (tertiary/aromatic N) is 4. The fourth-order valence-electron chi connectivity index (χ4n) is 3.13. The highest BCUT2D eigenvalue weighted by Crippen LogP contribution is 2.15. The number of hydrogen-bond donors (Lipinski definition) is 1. The molecule has 1 amide bonds. The van der Waals surface area contributed by atoms with Gasteiger partial charge >= 0.3 is 0 Å². The van der Waals surface area contributed by atoms with E-state index in [4.69, 9.17) is 0 Å². The third-order valence-electron chi connectivity index (χ3n) is 4.69. The van der Waals surface area contributed by atoms with Crippen molar-refractivity contribution in [2.45, 2.75) is 19.9 Å². The molecule has 2 heterocycles. The fraction of sp³-hybridized carbons (Fsp3) is 0.421. The Kier molecular flexibility index (Phi) is 6.35. The van der Waals surface area contributed by atoms with Crippen molar-refractivity contribution in [2.24, 2.45) is 0 Å². The lowest BCUT2D eigenvalue weighted by atomic mass is 10.2. The zero-order valence-corrected chi connectivity index (χ0v) is 15.6. The van der Waals surface area contributed by atoms with Gasteiger partial charge in [0.1, 0.15) is 6.54 Å². The van der Waals surface area contributed by atoms with Gasteiger partial charge in [-0.3, -0.25) is 14.5 Å². The van der Waals surface area contributed by atoms with E-state index in [0.717, 1.165) is 15.9 Å². The molecule has 1 saturated heterocycles. The molecule has 9 heteroatoms. The van der Waals surface area contributed by atoms with E-state index >= 15 is 0 Å². The molecule has 1 aliphatic rings. The number of benzene rings is 1. The molecular formula is C19H23F2N5O2. The molecular weight excluding hydrogens is 368 g/mol. The molecule has 0 aliphatic carbocycles. The zero-order chi connectivity index (χ0) is 20.1. The van der Waals surface area contributed by atoms with Crippen molar-refractivity contribution in [3.63, 3.8) is 0 Å². The number of carbonyl (C=O) groups excluding carboxylic acids is 1. The lowest BCUT2D eigenvalue weighted by Gasteiger charge is -2.35. The summed E-state index contributed by atoms with van der Waals surface area (Å²) < 4.78 is 25.6. The number of halogens is 2. The van der Waals surface area contributed by atoms with E-state index in [1.165, 1.54) is 12.3 Å². The van der Waals surface area contributed by atoms with Crippen LogP contribution in [0, 0.1) is 6.92 Å². The summed E-state index contributed by atoms with van der Waals surface area (Å²) >= 11 is 0. The molecule has 0 radical (unpaired) electrons. The Bertz CT molecular complexity index is 879. The molecule has 1 aromatic heterocycles. The molecule has 1 N–H and O–H groups in total. The summed E-state index contributed by atoms with van der Waals surface area (Å²) in [5.74, 6) is -0.0704. The molecule has 1 fully saturated rings. The van der Waals surface area contributed by atoms with Crippen LogP contribution < -0.4 is 15.8 Å². The second-order valence-corrected chi connectivity index (χ2v) is 6.75. The minimum Gasteiger partial charge on any atom is -0.368 e. The second kappa shape index (κ2) is 8.92. The summed E-state index contributed by atoms with van der Waals surface area (Å²) in [5, 5.41) is 6.74. The number of carbonyl (C=O) groups is 1. The van der Waals surface area contributed by atoms with Gasteiger partial charge < -0.3 is 10.2 Å². The first-order valence-electron chi connectivity index (χ1n) is 9.10. The van der Waals surface area contributed by atoms with Gasteiger partial charge in [-0.25, -0.2) is 13.5 Å². The number of piperazine rings is 1. The number of nitrogens with one attached hydrogen (secondary N) is 1. The second-order valence-electron chi connectivity index (χ2n) is 6.75. The highest BCUT2D eigenvalue weighted by Gasteiger charge is 2.20. The van der Waals surface area contributed by atoms with Crippen LogP contribution >= 0.6 is 0 Å². The lowest BCUT2D eigenvalue weighted by molar-refractivity contribution is -0.117. The Hall–Kier alpha value is -2.81. The Morgan fingerprint density at radius 1 is 1.21 bits per heavy atom. The molecule has 0 unspecified atom stereocenters. The van der Waals surface area contributed by atoms with E-state index in [-0.39, 0.29) is 12.5 Å². The van der Waals surface area contributed by atoms with E-state index < -0.39 is 18.5 Å². The van der Waals surface area contributed by atoms with Crippen LogP contribution in [0.1, 0.15) is 5.56 Å². The maximum Gasteiger partial charge on any atom is 0.269 e. The first-order chi connectivity index (χ1) is 13.4. The highest BCUT2D eigenvalue weighted by atomic mass is 19.3. The van der Waals surface area contributed by atoms with Crippen molar-refractivity contribution in [1.29, 1.82) is 0 Å². The van der Waals surface area contributed by atoms with Gasteiger partial charge in [-0.2, -0.15) is 5.10 Å². The number of rotatable bonds is 6. The Morgan fingerprint density at radius 2 is 1.93 bits per heavy atom. The van der Waals surface area contributed by atoms with Gasteiger partial charge in [0.2, 0.25) is 5.91 Å². The Morgan fingerprint density at radius 3 is 2.57 bits per heavy atom. The van der Waals surface area contributed by atoms with Gasteiger partial charge in [0.25, 0.3) is 12.0 Å². The third kappa shape index (κ3) is 5.13. The standard InChI is InChI=1S/C19H23F2N5O2/c1-14-4-2-3-5-16(14)23-18(27)13-24-6-8-25(9-7-24)15-10-19(28)26(22-11-15)12-17(20)21/h2-5,10-11,17H,6-9,12-13H2,1H3,(H,23,27). The first kappa shape index (κ1) is 19.9. The number of alkyl halides is 2. The number of aromatic nitrogens is 2.